The smallest absolute Gasteiger partial charge is 0.0234 e. The molecule has 0 spiro atoms. The number of likely N-dealkylation sites (N-methyl/N-ethyl adjacent to an activating group) is 1. The summed E-state index contributed by atoms with van der Waals surface area (Å²) in [4.78, 5) is 4.82. The quantitative estimate of drug-likeness (QED) is 0.829. The minimum Gasteiger partial charge on any atom is -0.314 e. The van der Waals surface area contributed by atoms with Crippen LogP contribution in [0.25, 0.3) is 0 Å². The summed E-state index contributed by atoms with van der Waals surface area (Å²) < 4.78 is 0. The minimum absolute atomic E-state index is 1.10. The molecule has 0 aromatic heterocycles. The van der Waals surface area contributed by atoms with Gasteiger partial charge in [0.05, 0.1) is 0 Å². The highest BCUT2D eigenvalue weighted by Gasteiger charge is 2.08. The zero-order valence-corrected chi connectivity index (χ0v) is 12.6. The molecule has 20 heavy (non-hydrogen) atoms. The van der Waals surface area contributed by atoms with Crippen molar-refractivity contribution in [1.82, 2.24) is 20.4 Å². The molecule has 1 aromatic rings. The van der Waals surface area contributed by atoms with Crippen LogP contribution >= 0.6 is 0 Å². The summed E-state index contributed by atoms with van der Waals surface area (Å²) in [5, 5.41) is 6.63. The van der Waals surface area contributed by atoms with Crippen LogP contribution in [0.4, 0.5) is 0 Å². The lowest BCUT2D eigenvalue weighted by Gasteiger charge is -2.27. The molecule has 0 atom stereocenters. The summed E-state index contributed by atoms with van der Waals surface area (Å²) in [5.74, 6) is 0. The first-order valence-corrected chi connectivity index (χ1v) is 7.71. The van der Waals surface area contributed by atoms with Gasteiger partial charge in [0.2, 0.25) is 0 Å². The van der Waals surface area contributed by atoms with Gasteiger partial charge >= 0.3 is 0 Å². The van der Waals surface area contributed by atoms with Gasteiger partial charge in [-0.15, -0.1) is 0 Å². The molecule has 2 N–H and O–H groups in total. The average Bonchev–Trinajstić information content (AvgIpc) is 2.51. The van der Waals surface area contributed by atoms with Gasteiger partial charge in [-0.25, -0.2) is 0 Å². The van der Waals surface area contributed by atoms with Gasteiger partial charge in [-0.3, -0.25) is 4.90 Å². The standard InChI is InChI=1S/C11H16N2.C5H12N2/c1-2-4-11(5-3-1)10-13-8-6-12-7-9-13;1-7-4-2-6-3-5-7/h1-5,12H,6-10H2;6H,2-5H2,1H3. The number of rotatable bonds is 2. The second-order valence-corrected chi connectivity index (χ2v) is 5.57. The molecule has 4 heteroatoms. The Kier molecular flexibility index (Phi) is 7.01. The first kappa shape index (κ1) is 15.4. The van der Waals surface area contributed by atoms with Crippen LogP contribution in [0.5, 0.6) is 0 Å². The Morgan fingerprint density at radius 1 is 0.850 bits per heavy atom. The Hall–Kier alpha value is -0.940. The monoisotopic (exact) mass is 276 g/mol. The van der Waals surface area contributed by atoms with Crippen molar-refractivity contribution in [3.05, 3.63) is 35.9 Å². The SMILES string of the molecule is CN1CCNCC1.c1ccc(CN2CCNCC2)cc1. The fourth-order valence-corrected chi connectivity index (χ4v) is 2.49. The Labute approximate surface area is 123 Å². The molecule has 2 aliphatic rings. The highest BCUT2D eigenvalue weighted by molar-refractivity contribution is 5.14. The largest absolute Gasteiger partial charge is 0.314 e. The number of hydrogen-bond donors (Lipinski definition) is 2. The molecule has 3 rings (SSSR count). The summed E-state index contributed by atoms with van der Waals surface area (Å²) >= 11 is 0. The molecule has 0 unspecified atom stereocenters. The molecule has 4 nitrogen and oxygen atoms in total. The van der Waals surface area contributed by atoms with Crippen LogP contribution in [-0.2, 0) is 6.54 Å². The van der Waals surface area contributed by atoms with Gasteiger partial charge in [-0.05, 0) is 12.6 Å². The van der Waals surface area contributed by atoms with E-state index < -0.39 is 0 Å². The first-order valence-electron chi connectivity index (χ1n) is 7.71. The maximum Gasteiger partial charge on any atom is 0.0234 e. The van der Waals surface area contributed by atoms with Crippen molar-refractivity contribution in [3.8, 4) is 0 Å². The van der Waals surface area contributed by atoms with Gasteiger partial charge in [0.25, 0.3) is 0 Å². The van der Waals surface area contributed by atoms with Gasteiger partial charge in [0.1, 0.15) is 0 Å². The lowest BCUT2D eigenvalue weighted by Crippen LogP contribution is -2.42. The van der Waals surface area contributed by atoms with Crippen molar-refractivity contribution in [1.29, 1.82) is 0 Å². The van der Waals surface area contributed by atoms with Crippen LogP contribution in [0.2, 0.25) is 0 Å². The second kappa shape index (κ2) is 9.08. The van der Waals surface area contributed by atoms with E-state index in [2.05, 4.69) is 57.8 Å². The van der Waals surface area contributed by atoms with Crippen LogP contribution in [0.15, 0.2) is 30.3 Å². The van der Waals surface area contributed by atoms with E-state index in [1.165, 1.54) is 31.7 Å². The van der Waals surface area contributed by atoms with Gasteiger partial charge in [-0.1, -0.05) is 30.3 Å². The average molecular weight is 276 g/mol. The Morgan fingerprint density at radius 2 is 1.40 bits per heavy atom. The predicted molar refractivity (Wildman–Crippen MR) is 85.0 cm³/mol. The number of piperazine rings is 2. The number of hydrogen-bond acceptors (Lipinski definition) is 4. The molecule has 0 radical (unpaired) electrons. The molecule has 0 aliphatic carbocycles. The van der Waals surface area contributed by atoms with E-state index in [-0.39, 0.29) is 0 Å². The van der Waals surface area contributed by atoms with E-state index in [9.17, 15) is 0 Å². The zero-order valence-electron chi connectivity index (χ0n) is 12.6. The molecular formula is C16H28N4. The van der Waals surface area contributed by atoms with Crippen molar-refractivity contribution >= 4 is 0 Å². The lowest BCUT2D eigenvalue weighted by molar-refractivity contribution is 0.233. The molecule has 1 aromatic carbocycles. The highest BCUT2D eigenvalue weighted by Crippen LogP contribution is 2.04. The first-order chi connectivity index (χ1) is 9.84. The molecular weight excluding hydrogens is 248 g/mol. The molecule has 2 saturated heterocycles. The fourth-order valence-electron chi connectivity index (χ4n) is 2.49. The Morgan fingerprint density at radius 3 is 1.90 bits per heavy atom. The van der Waals surface area contributed by atoms with Crippen molar-refractivity contribution in [3.63, 3.8) is 0 Å². The summed E-state index contributed by atoms with van der Waals surface area (Å²) in [6.07, 6.45) is 0. The van der Waals surface area contributed by atoms with Crippen molar-refractivity contribution < 1.29 is 0 Å². The minimum atomic E-state index is 1.10. The fraction of sp³-hybridized carbons (Fsp3) is 0.625. The molecule has 0 bridgehead atoms. The maximum atomic E-state index is 3.36. The number of nitrogens with zero attached hydrogens (tertiary/aromatic N) is 2. The van der Waals surface area contributed by atoms with Crippen molar-refractivity contribution in [2.24, 2.45) is 0 Å². The Bertz CT molecular complexity index is 343. The lowest BCUT2D eigenvalue weighted by atomic mass is 10.2. The highest BCUT2D eigenvalue weighted by atomic mass is 15.2. The van der Waals surface area contributed by atoms with Gasteiger partial charge in [0.15, 0.2) is 0 Å². The summed E-state index contributed by atoms with van der Waals surface area (Å²) in [5.41, 5.74) is 1.42. The number of nitrogens with one attached hydrogen (secondary N) is 2. The van der Waals surface area contributed by atoms with Crippen LogP contribution in [0.1, 0.15) is 5.56 Å². The number of benzene rings is 1. The van der Waals surface area contributed by atoms with E-state index in [1.54, 1.807) is 0 Å². The van der Waals surface area contributed by atoms with E-state index >= 15 is 0 Å². The molecule has 0 amide bonds. The molecule has 112 valence electrons. The van der Waals surface area contributed by atoms with Gasteiger partial charge < -0.3 is 15.5 Å². The Balaban J connectivity index is 0.000000178. The van der Waals surface area contributed by atoms with Crippen molar-refractivity contribution in [2.75, 3.05) is 59.4 Å². The van der Waals surface area contributed by atoms with E-state index in [0.717, 1.165) is 32.7 Å². The summed E-state index contributed by atoms with van der Waals surface area (Å²) in [7, 11) is 2.15. The van der Waals surface area contributed by atoms with E-state index in [1.807, 2.05) is 0 Å². The van der Waals surface area contributed by atoms with Crippen LogP contribution < -0.4 is 10.6 Å². The van der Waals surface area contributed by atoms with E-state index in [0.29, 0.717) is 0 Å². The summed E-state index contributed by atoms with van der Waals surface area (Å²) in [6, 6.07) is 10.7. The zero-order chi connectivity index (χ0) is 14.0. The predicted octanol–water partition coefficient (Wildman–Crippen LogP) is 0.613. The third kappa shape index (κ3) is 6.01. The normalized spacial score (nSPS) is 21.1. The molecule has 0 saturated carbocycles. The van der Waals surface area contributed by atoms with Crippen LogP contribution in [0, 0.1) is 0 Å². The molecule has 2 heterocycles. The van der Waals surface area contributed by atoms with Gasteiger partial charge in [0, 0.05) is 58.9 Å². The van der Waals surface area contributed by atoms with Crippen molar-refractivity contribution in [2.45, 2.75) is 6.54 Å². The second-order valence-electron chi connectivity index (χ2n) is 5.57. The third-order valence-electron chi connectivity index (χ3n) is 3.80. The topological polar surface area (TPSA) is 30.5 Å². The maximum absolute atomic E-state index is 3.36. The van der Waals surface area contributed by atoms with Crippen LogP contribution in [-0.4, -0.2) is 69.2 Å². The summed E-state index contributed by atoms with van der Waals surface area (Å²) in [6.45, 7) is 10.5. The third-order valence-corrected chi connectivity index (χ3v) is 3.80. The van der Waals surface area contributed by atoms with Gasteiger partial charge in [-0.2, -0.15) is 0 Å². The van der Waals surface area contributed by atoms with Crippen LogP contribution in [0.3, 0.4) is 0 Å². The van der Waals surface area contributed by atoms with E-state index in [4.69, 9.17) is 0 Å². The molecule has 2 aliphatic heterocycles. The molecule has 2 fully saturated rings.